The quantitative estimate of drug-likeness (QED) is 0.806. The summed E-state index contributed by atoms with van der Waals surface area (Å²) in [5.74, 6) is 0. The van der Waals surface area contributed by atoms with Gasteiger partial charge in [-0.3, -0.25) is 0 Å². The Morgan fingerprint density at radius 2 is 2.05 bits per heavy atom. The van der Waals surface area contributed by atoms with Crippen molar-refractivity contribution >= 4 is 26.0 Å². The molecular formula is C10H20BrN5O2S. The molecular weight excluding hydrogens is 334 g/mol. The van der Waals surface area contributed by atoms with Crippen molar-refractivity contribution in [3.05, 3.63) is 4.60 Å². The average molecular weight is 354 g/mol. The zero-order valence-corrected chi connectivity index (χ0v) is 14.0. The molecule has 7 nitrogen and oxygen atoms in total. The van der Waals surface area contributed by atoms with Crippen LogP contribution in [0.4, 0.5) is 0 Å². The van der Waals surface area contributed by atoms with Crippen molar-refractivity contribution in [1.29, 1.82) is 0 Å². The van der Waals surface area contributed by atoms with Crippen LogP contribution in [0.15, 0.2) is 9.63 Å². The summed E-state index contributed by atoms with van der Waals surface area (Å²) in [6, 6.07) is 0. The van der Waals surface area contributed by atoms with Crippen molar-refractivity contribution in [3.8, 4) is 0 Å². The Bertz CT molecular complexity index is 521. The van der Waals surface area contributed by atoms with Gasteiger partial charge in [-0.05, 0) is 27.9 Å². The summed E-state index contributed by atoms with van der Waals surface area (Å²) in [6.45, 7) is 6.78. The molecule has 2 N–H and O–H groups in total. The van der Waals surface area contributed by atoms with E-state index in [0.29, 0.717) is 19.6 Å². The summed E-state index contributed by atoms with van der Waals surface area (Å²) in [6.07, 6.45) is 0. The second-order valence-corrected chi connectivity index (χ2v) is 7.71. The van der Waals surface area contributed by atoms with Crippen molar-refractivity contribution in [2.75, 3.05) is 19.6 Å². The smallest absolute Gasteiger partial charge is 0.263 e. The molecule has 1 rings (SSSR count). The summed E-state index contributed by atoms with van der Waals surface area (Å²) < 4.78 is 28.1. The van der Waals surface area contributed by atoms with Crippen LogP contribution in [0.3, 0.4) is 0 Å². The monoisotopic (exact) mass is 353 g/mol. The summed E-state index contributed by atoms with van der Waals surface area (Å²) in [7, 11) is -2.10. The second kappa shape index (κ2) is 5.86. The van der Waals surface area contributed by atoms with Gasteiger partial charge < -0.3 is 5.73 Å². The Labute approximate surface area is 122 Å². The second-order valence-electron chi connectivity index (χ2n) is 5.11. The van der Waals surface area contributed by atoms with Crippen LogP contribution in [0.2, 0.25) is 0 Å². The first-order valence-electron chi connectivity index (χ1n) is 5.91. The highest BCUT2D eigenvalue weighted by atomic mass is 79.9. The number of rotatable bonds is 6. The number of nitrogens with zero attached hydrogens (tertiary/aromatic N) is 4. The van der Waals surface area contributed by atoms with Crippen LogP contribution in [-0.2, 0) is 17.1 Å². The zero-order valence-electron chi connectivity index (χ0n) is 11.6. The summed E-state index contributed by atoms with van der Waals surface area (Å²) in [5, 5.41) is 7.48. The van der Waals surface area contributed by atoms with Crippen LogP contribution >= 0.6 is 15.9 Å². The molecule has 0 aliphatic heterocycles. The SMILES string of the molecule is CCN(CC(C)(C)CN)S(=O)(=O)c1c(Br)nnn1C. The van der Waals surface area contributed by atoms with E-state index < -0.39 is 10.0 Å². The number of aryl methyl sites for hydroxylation is 1. The number of aromatic nitrogens is 3. The number of halogens is 1. The van der Waals surface area contributed by atoms with E-state index in [1.54, 1.807) is 14.0 Å². The van der Waals surface area contributed by atoms with Gasteiger partial charge >= 0.3 is 0 Å². The van der Waals surface area contributed by atoms with Crippen molar-refractivity contribution in [2.24, 2.45) is 18.2 Å². The van der Waals surface area contributed by atoms with E-state index in [1.165, 1.54) is 8.99 Å². The first-order chi connectivity index (χ1) is 8.65. The van der Waals surface area contributed by atoms with Gasteiger partial charge in [-0.2, -0.15) is 4.31 Å². The minimum atomic E-state index is -3.64. The molecule has 0 radical (unpaired) electrons. The van der Waals surface area contributed by atoms with Crippen molar-refractivity contribution in [1.82, 2.24) is 19.3 Å². The van der Waals surface area contributed by atoms with Crippen LogP contribution in [0.25, 0.3) is 0 Å². The normalized spacial score (nSPS) is 13.2. The van der Waals surface area contributed by atoms with E-state index in [9.17, 15) is 8.42 Å². The molecule has 0 fully saturated rings. The van der Waals surface area contributed by atoms with E-state index in [0.717, 1.165) is 0 Å². The van der Waals surface area contributed by atoms with Gasteiger partial charge in [0.25, 0.3) is 10.0 Å². The van der Waals surface area contributed by atoms with Crippen LogP contribution in [0.1, 0.15) is 20.8 Å². The lowest BCUT2D eigenvalue weighted by molar-refractivity contribution is 0.271. The van der Waals surface area contributed by atoms with Gasteiger partial charge in [-0.1, -0.05) is 26.0 Å². The maximum atomic E-state index is 12.6. The summed E-state index contributed by atoms with van der Waals surface area (Å²) in [4.78, 5) is 0. The van der Waals surface area contributed by atoms with Gasteiger partial charge in [-0.25, -0.2) is 13.1 Å². The third kappa shape index (κ3) is 3.53. The first kappa shape index (κ1) is 16.5. The molecule has 0 aliphatic carbocycles. The zero-order chi connectivity index (χ0) is 14.8. The number of hydrogen-bond acceptors (Lipinski definition) is 5. The third-order valence-electron chi connectivity index (χ3n) is 2.83. The highest BCUT2D eigenvalue weighted by molar-refractivity contribution is 9.10. The Balaban J connectivity index is 3.17. The van der Waals surface area contributed by atoms with Crippen LogP contribution in [0.5, 0.6) is 0 Å². The maximum Gasteiger partial charge on any atom is 0.263 e. The maximum absolute atomic E-state index is 12.6. The standard InChI is InChI=1S/C10H20BrN5O2S/c1-5-16(7-10(2,3)6-12)19(17,18)9-8(11)13-14-15(9)4/h5-7,12H2,1-4H3. The van der Waals surface area contributed by atoms with Gasteiger partial charge in [0.05, 0.1) is 0 Å². The molecule has 0 aromatic carbocycles. The fourth-order valence-corrected chi connectivity index (χ4v) is 4.30. The predicted octanol–water partition coefficient (Wildman–Crippen LogP) is 0.573. The lowest BCUT2D eigenvalue weighted by Gasteiger charge is -2.30. The number of hydrogen-bond donors (Lipinski definition) is 1. The van der Waals surface area contributed by atoms with Crippen LogP contribution < -0.4 is 5.73 Å². The average Bonchev–Trinajstić information content (AvgIpc) is 2.66. The van der Waals surface area contributed by atoms with Crippen LogP contribution in [0, 0.1) is 5.41 Å². The van der Waals surface area contributed by atoms with Gasteiger partial charge in [0, 0.05) is 20.1 Å². The molecule has 0 saturated heterocycles. The van der Waals surface area contributed by atoms with Crippen LogP contribution in [-0.4, -0.2) is 47.4 Å². The molecule has 19 heavy (non-hydrogen) atoms. The molecule has 0 aliphatic rings. The number of sulfonamides is 1. The lowest BCUT2D eigenvalue weighted by Crippen LogP contribution is -2.42. The molecule has 1 heterocycles. The summed E-state index contributed by atoms with van der Waals surface area (Å²) >= 11 is 3.12. The fraction of sp³-hybridized carbons (Fsp3) is 0.800. The van der Waals surface area contributed by atoms with E-state index in [-0.39, 0.29) is 15.0 Å². The molecule has 9 heteroatoms. The molecule has 0 saturated carbocycles. The van der Waals surface area contributed by atoms with Gasteiger partial charge in [0.1, 0.15) is 0 Å². The lowest BCUT2D eigenvalue weighted by atomic mass is 9.94. The Morgan fingerprint density at radius 1 is 1.47 bits per heavy atom. The molecule has 0 unspecified atom stereocenters. The molecule has 0 bridgehead atoms. The minimum Gasteiger partial charge on any atom is -0.330 e. The highest BCUT2D eigenvalue weighted by Gasteiger charge is 2.33. The largest absolute Gasteiger partial charge is 0.330 e. The molecule has 0 amide bonds. The van der Waals surface area contributed by atoms with Gasteiger partial charge in [-0.15, -0.1) is 5.10 Å². The van der Waals surface area contributed by atoms with E-state index in [4.69, 9.17) is 5.73 Å². The Hall–Kier alpha value is -0.510. The predicted molar refractivity (Wildman–Crippen MR) is 76.0 cm³/mol. The van der Waals surface area contributed by atoms with E-state index in [2.05, 4.69) is 26.2 Å². The highest BCUT2D eigenvalue weighted by Crippen LogP contribution is 2.25. The van der Waals surface area contributed by atoms with Crippen molar-refractivity contribution < 1.29 is 8.42 Å². The van der Waals surface area contributed by atoms with Gasteiger partial charge in [0.2, 0.25) is 5.03 Å². The Morgan fingerprint density at radius 3 is 2.42 bits per heavy atom. The van der Waals surface area contributed by atoms with E-state index >= 15 is 0 Å². The molecule has 1 aromatic heterocycles. The number of nitrogens with two attached hydrogens (primary N) is 1. The molecule has 0 atom stereocenters. The summed E-state index contributed by atoms with van der Waals surface area (Å²) in [5.41, 5.74) is 5.38. The van der Waals surface area contributed by atoms with Crippen molar-refractivity contribution in [2.45, 2.75) is 25.8 Å². The van der Waals surface area contributed by atoms with E-state index in [1.807, 2.05) is 13.8 Å². The van der Waals surface area contributed by atoms with Crippen molar-refractivity contribution in [3.63, 3.8) is 0 Å². The molecule has 1 aromatic rings. The third-order valence-corrected chi connectivity index (χ3v) is 5.64. The topological polar surface area (TPSA) is 94.1 Å². The fourth-order valence-electron chi connectivity index (χ4n) is 1.63. The molecule has 0 spiro atoms. The minimum absolute atomic E-state index is 0.0576. The molecule has 110 valence electrons. The Kier molecular flexibility index (Phi) is 5.10. The first-order valence-corrected chi connectivity index (χ1v) is 8.14. The van der Waals surface area contributed by atoms with Gasteiger partial charge in [0.15, 0.2) is 4.60 Å².